The quantitative estimate of drug-likeness (QED) is 0.245. The van der Waals surface area contributed by atoms with Crippen molar-refractivity contribution in [2.75, 3.05) is 26.2 Å². The Morgan fingerprint density at radius 2 is 1.71 bits per heavy atom. The third kappa shape index (κ3) is 8.27. The highest BCUT2D eigenvalue weighted by Gasteiger charge is 2.49. The molecule has 1 aliphatic carbocycles. The molecule has 2 rings (SSSR count). The third-order valence-electron chi connectivity index (χ3n) is 7.19. The van der Waals surface area contributed by atoms with Crippen molar-refractivity contribution in [2.24, 2.45) is 28.7 Å². The van der Waals surface area contributed by atoms with Gasteiger partial charge in [-0.15, -0.1) is 0 Å². The van der Waals surface area contributed by atoms with Gasteiger partial charge in [-0.25, -0.2) is 0 Å². The SMILES string of the molecule is CCCN(CCC)C(=O)C1=CC(C(N)=O)=CC(C(N)=O)([C@H](Cc2ccccc2)[C@@H](O)CNCCC(C)C)C1. The molecule has 3 amide bonds. The monoisotopic (exact) mass is 526 g/mol. The van der Waals surface area contributed by atoms with E-state index in [4.69, 9.17) is 11.5 Å². The summed E-state index contributed by atoms with van der Waals surface area (Å²) in [5.41, 5.74) is 11.6. The molecule has 0 fully saturated rings. The molecule has 0 radical (unpaired) electrons. The Hall–Kier alpha value is -2.97. The minimum Gasteiger partial charge on any atom is -0.391 e. The van der Waals surface area contributed by atoms with Gasteiger partial charge in [-0.3, -0.25) is 14.4 Å². The van der Waals surface area contributed by atoms with E-state index in [9.17, 15) is 19.5 Å². The molecule has 0 aliphatic heterocycles. The van der Waals surface area contributed by atoms with Crippen LogP contribution in [0.25, 0.3) is 0 Å². The van der Waals surface area contributed by atoms with Gasteiger partial charge in [0.05, 0.1) is 11.5 Å². The van der Waals surface area contributed by atoms with Crippen molar-refractivity contribution >= 4 is 17.7 Å². The van der Waals surface area contributed by atoms with E-state index in [2.05, 4.69) is 19.2 Å². The second-order valence-electron chi connectivity index (χ2n) is 10.8. The van der Waals surface area contributed by atoms with Crippen LogP contribution in [-0.4, -0.2) is 60.0 Å². The van der Waals surface area contributed by atoms with E-state index in [1.807, 2.05) is 44.2 Å². The summed E-state index contributed by atoms with van der Waals surface area (Å²) in [5, 5.41) is 14.8. The number of carbonyl (C=O) groups excluding carboxylic acids is 3. The summed E-state index contributed by atoms with van der Waals surface area (Å²) in [6, 6.07) is 9.53. The van der Waals surface area contributed by atoms with Crippen LogP contribution in [0.5, 0.6) is 0 Å². The molecule has 0 heterocycles. The van der Waals surface area contributed by atoms with Gasteiger partial charge < -0.3 is 26.8 Å². The number of hydrogen-bond donors (Lipinski definition) is 4. The minimum absolute atomic E-state index is 0.0115. The van der Waals surface area contributed by atoms with Gasteiger partial charge in [-0.05, 0) is 56.2 Å². The molecule has 1 aromatic carbocycles. The minimum atomic E-state index is -1.48. The Balaban J connectivity index is 2.56. The summed E-state index contributed by atoms with van der Waals surface area (Å²) < 4.78 is 0. The van der Waals surface area contributed by atoms with Crippen LogP contribution in [0.4, 0.5) is 0 Å². The molecule has 6 N–H and O–H groups in total. The lowest BCUT2D eigenvalue weighted by atomic mass is 9.63. The Bertz CT molecular complexity index is 999. The lowest BCUT2D eigenvalue weighted by Crippen LogP contribution is -2.52. The molecule has 8 nitrogen and oxygen atoms in total. The Morgan fingerprint density at radius 3 is 2.24 bits per heavy atom. The van der Waals surface area contributed by atoms with Gasteiger partial charge in [0.15, 0.2) is 0 Å². The number of amides is 3. The Kier molecular flexibility index (Phi) is 12.2. The summed E-state index contributed by atoms with van der Waals surface area (Å²) >= 11 is 0. The number of aliphatic hydroxyl groups is 1. The lowest BCUT2D eigenvalue weighted by molar-refractivity contribution is -0.132. The summed E-state index contributed by atoms with van der Waals surface area (Å²) in [6.45, 7) is 10.3. The fourth-order valence-corrected chi connectivity index (χ4v) is 5.15. The fourth-order valence-electron chi connectivity index (χ4n) is 5.15. The van der Waals surface area contributed by atoms with Crippen molar-refractivity contribution in [3.63, 3.8) is 0 Å². The van der Waals surface area contributed by atoms with Gasteiger partial charge in [0.1, 0.15) is 0 Å². The average molecular weight is 527 g/mol. The van der Waals surface area contributed by atoms with Crippen LogP contribution in [0.3, 0.4) is 0 Å². The molecular weight excluding hydrogens is 480 g/mol. The lowest BCUT2D eigenvalue weighted by Gasteiger charge is -2.42. The number of nitrogens with zero attached hydrogens (tertiary/aromatic N) is 1. The van der Waals surface area contributed by atoms with Crippen molar-refractivity contribution in [2.45, 2.75) is 65.9 Å². The first-order valence-electron chi connectivity index (χ1n) is 13.8. The van der Waals surface area contributed by atoms with Crippen LogP contribution >= 0.6 is 0 Å². The first kappa shape index (κ1) is 31.2. The average Bonchev–Trinajstić information content (AvgIpc) is 2.89. The van der Waals surface area contributed by atoms with Crippen molar-refractivity contribution in [3.8, 4) is 0 Å². The summed E-state index contributed by atoms with van der Waals surface area (Å²) in [6.07, 6.45) is 4.80. The van der Waals surface area contributed by atoms with E-state index in [0.717, 1.165) is 24.8 Å². The zero-order valence-electron chi connectivity index (χ0n) is 23.4. The van der Waals surface area contributed by atoms with Crippen molar-refractivity contribution in [1.29, 1.82) is 0 Å². The Morgan fingerprint density at radius 1 is 1.08 bits per heavy atom. The van der Waals surface area contributed by atoms with E-state index in [1.54, 1.807) is 4.90 Å². The van der Waals surface area contributed by atoms with Crippen LogP contribution in [0, 0.1) is 17.3 Å². The van der Waals surface area contributed by atoms with Gasteiger partial charge in [-0.1, -0.05) is 64.1 Å². The maximum Gasteiger partial charge on any atom is 0.249 e. The molecule has 8 heteroatoms. The zero-order valence-corrected chi connectivity index (χ0v) is 23.4. The van der Waals surface area contributed by atoms with Gasteiger partial charge in [-0.2, -0.15) is 0 Å². The molecule has 0 bridgehead atoms. The summed E-state index contributed by atoms with van der Waals surface area (Å²) in [5.74, 6) is -1.89. The highest BCUT2D eigenvalue weighted by molar-refractivity contribution is 6.03. The Labute approximate surface area is 227 Å². The van der Waals surface area contributed by atoms with Gasteiger partial charge in [0, 0.05) is 36.7 Å². The second-order valence-corrected chi connectivity index (χ2v) is 10.8. The van der Waals surface area contributed by atoms with Crippen LogP contribution in [0.15, 0.2) is 53.6 Å². The number of benzene rings is 1. The first-order chi connectivity index (χ1) is 18.0. The predicted octanol–water partition coefficient (Wildman–Crippen LogP) is 2.70. The number of nitrogens with two attached hydrogens (primary N) is 2. The molecule has 3 atom stereocenters. The van der Waals surface area contributed by atoms with Crippen molar-refractivity contribution in [1.82, 2.24) is 10.2 Å². The molecule has 210 valence electrons. The van der Waals surface area contributed by atoms with Gasteiger partial charge >= 0.3 is 0 Å². The molecule has 0 saturated carbocycles. The van der Waals surface area contributed by atoms with Crippen LogP contribution in [0.2, 0.25) is 0 Å². The van der Waals surface area contributed by atoms with Gasteiger partial charge in [0.2, 0.25) is 17.7 Å². The molecular formula is C30H46N4O4. The fraction of sp³-hybridized carbons (Fsp3) is 0.567. The number of carbonyl (C=O) groups is 3. The predicted molar refractivity (Wildman–Crippen MR) is 151 cm³/mol. The normalized spacial score (nSPS) is 18.9. The second kappa shape index (κ2) is 14.8. The van der Waals surface area contributed by atoms with Crippen LogP contribution in [-0.2, 0) is 20.8 Å². The van der Waals surface area contributed by atoms with Gasteiger partial charge in [0.25, 0.3) is 0 Å². The molecule has 0 aromatic heterocycles. The van der Waals surface area contributed by atoms with E-state index in [0.29, 0.717) is 37.5 Å². The van der Waals surface area contributed by atoms with E-state index in [1.165, 1.54) is 12.2 Å². The largest absolute Gasteiger partial charge is 0.391 e. The number of primary amides is 2. The smallest absolute Gasteiger partial charge is 0.249 e. The first-order valence-corrected chi connectivity index (χ1v) is 13.8. The van der Waals surface area contributed by atoms with E-state index in [-0.39, 0.29) is 24.4 Å². The molecule has 1 unspecified atom stereocenters. The highest BCUT2D eigenvalue weighted by atomic mass is 16.3. The zero-order chi connectivity index (χ0) is 28.3. The summed E-state index contributed by atoms with van der Waals surface area (Å²) in [4.78, 5) is 41.1. The number of rotatable bonds is 16. The maximum atomic E-state index is 13.6. The highest BCUT2D eigenvalue weighted by Crippen LogP contribution is 2.44. The molecule has 38 heavy (non-hydrogen) atoms. The third-order valence-corrected chi connectivity index (χ3v) is 7.19. The topological polar surface area (TPSA) is 139 Å². The van der Waals surface area contributed by atoms with E-state index < -0.39 is 29.3 Å². The number of hydrogen-bond acceptors (Lipinski definition) is 5. The number of aliphatic hydroxyl groups excluding tert-OH is 1. The maximum absolute atomic E-state index is 13.6. The number of nitrogens with one attached hydrogen (secondary N) is 1. The van der Waals surface area contributed by atoms with Crippen LogP contribution in [0.1, 0.15) is 58.9 Å². The van der Waals surface area contributed by atoms with Crippen LogP contribution < -0.4 is 16.8 Å². The van der Waals surface area contributed by atoms with Crippen molar-refractivity contribution in [3.05, 3.63) is 59.2 Å². The van der Waals surface area contributed by atoms with E-state index >= 15 is 0 Å². The van der Waals surface area contributed by atoms with Crippen molar-refractivity contribution < 1.29 is 19.5 Å². The molecule has 1 aliphatic rings. The molecule has 0 saturated heterocycles. The standard InChI is InChI=1S/C30H46N4O4/c1-5-14-34(15-6-2)28(37)24-17-23(27(31)36)18-30(19-24,29(32)38)25(16-22-10-8-7-9-11-22)26(35)20-33-13-12-21(3)4/h7-11,17-18,21,25-26,33,35H,5-6,12-16,19-20H2,1-4H3,(H2,31,36)(H2,32,38)/t25-,26+,30?/m1/s1. The molecule has 0 spiro atoms. The summed E-state index contributed by atoms with van der Waals surface area (Å²) in [7, 11) is 0. The molecule has 1 aromatic rings.